The summed E-state index contributed by atoms with van der Waals surface area (Å²) in [6.07, 6.45) is 3.71. The zero-order valence-corrected chi connectivity index (χ0v) is 6.99. The van der Waals surface area contributed by atoms with Gasteiger partial charge in [-0.15, -0.1) is 0 Å². The van der Waals surface area contributed by atoms with Gasteiger partial charge < -0.3 is 9.90 Å². The predicted octanol–water partition coefficient (Wildman–Crippen LogP) is -0.216. The summed E-state index contributed by atoms with van der Waals surface area (Å²) in [5, 5.41) is 9.87. The summed E-state index contributed by atoms with van der Waals surface area (Å²) in [5.74, 6) is 0. The Labute approximate surface area is 71.4 Å². The maximum atomic E-state index is 10.8. The maximum Gasteiger partial charge on any atom is 0.128 e. The van der Waals surface area contributed by atoms with Crippen LogP contribution in [-0.2, 0) is 4.79 Å². The zero-order valence-electron chi connectivity index (χ0n) is 6.99. The molecule has 1 saturated heterocycles. The van der Waals surface area contributed by atoms with Crippen molar-refractivity contribution >= 4 is 6.29 Å². The minimum atomic E-state index is -0.485. The van der Waals surface area contributed by atoms with Crippen molar-refractivity contribution in [3.05, 3.63) is 0 Å². The van der Waals surface area contributed by atoms with Crippen LogP contribution in [0.5, 0.6) is 0 Å². The van der Waals surface area contributed by atoms with E-state index >= 15 is 0 Å². The molecule has 4 aliphatic rings. The van der Waals surface area contributed by atoms with E-state index in [9.17, 15) is 9.90 Å². The Bertz CT molecular complexity index is 241. The Balaban J connectivity index is 1.82. The third-order valence-corrected chi connectivity index (χ3v) is 3.81. The number of hydrogen-bond donors (Lipinski definition) is 1. The summed E-state index contributed by atoms with van der Waals surface area (Å²) in [7, 11) is 0. The molecule has 12 heavy (non-hydrogen) atoms. The molecule has 0 aromatic heterocycles. The second kappa shape index (κ2) is 1.75. The van der Waals surface area contributed by atoms with Gasteiger partial charge >= 0.3 is 0 Å². The Morgan fingerprint density at radius 2 is 2.08 bits per heavy atom. The first-order valence-electron chi connectivity index (χ1n) is 4.63. The van der Waals surface area contributed by atoms with Gasteiger partial charge in [0, 0.05) is 5.41 Å². The SMILES string of the molecule is O=CC12CC(O)(C1)C2N1CCC1. The van der Waals surface area contributed by atoms with E-state index in [0.29, 0.717) is 12.8 Å². The lowest BCUT2D eigenvalue weighted by atomic mass is 9.37. The second-order valence-electron chi connectivity index (χ2n) is 4.60. The van der Waals surface area contributed by atoms with Gasteiger partial charge in [0.25, 0.3) is 0 Å². The van der Waals surface area contributed by atoms with Crippen LogP contribution in [0.25, 0.3) is 0 Å². The number of hydrogen-bond acceptors (Lipinski definition) is 3. The number of rotatable bonds is 2. The van der Waals surface area contributed by atoms with Crippen molar-refractivity contribution < 1.29 is 9.90 Å². The normalized spacial score (nSPS) is 56.6. The molecule has 3 nitrogen and oxygen atoms in total. The number of likely N-dealkylation sites (tertiary alicyclic amines) is 1. The standard InChI is InChI=1S/C9H13NO2/c11-6-8-4-9(12,5-8)7(8)10-2-1-3-10/h6-7,12H,1-5H2. The van der Waals surface area contributed by atoms with Gasteiger partial charge in [-0.1, -0.05) is 0 Å². The molecule has 3 heteroatoms. The first-order chi connectivity index (χ1) is 5.70. The topological polar surface area (TPSA) is 40.5 Å². The van der Waals surface area contributed by atoms with Crippen LogP contribution >= 0.6 is 0 Å². The highest BCUT2D eigenvalue weighted by atomic mass is 16.3. The van der Waals surface area contributed by atoms with Gasteiger partial charge in [0.2, 0.25) is 0 Å². The number of carbonyl (C=O) groups excluding carboxylic acids is 1. The van der Waals surface area contributed by atoms with E-state index in [4.69, 9.17) is 0 Å². The van der Waals surface area contributed by atoms with Crippen LogP contribution in [0.1, 0.15) is 19.3 Å². The Kier molecular flexibility index (Phi) is 1.03. The number of carbonyl (C=O) groups is 1. The summed E-state index contributed by atoms with van der Waals surface area (Å²) >= 11 is 0. The average molecular weight is 167 g/mol. The molecule has 0 aromatic carbocycles. The van der Waals surface area contributed by atoms with Gasteiger partial charge in [0.05, 0.1) is 11.6 Å². The molecular weight excluding hydrogens is 154 g/mol. The van der Waals surface area contributed by atoms with Crippen LogP contribution in [0.4, 0.5) is 0 Å². The molecular formula is C9H13NO2. The smallest absolute Gasteiger partial charge is 0.128 e. The monoisotopic (exact) mass is 167 g/mol. The third kappa shape index (κ3) is 0.529. The van der Waals surface area contributed by atoms with E-state index < -0.39 is 5.60 Å². The van der Waals surface area contributed by atoms with Gasteiger partial charge in [-0.2, -0.15) is 0 Å². The lowest BCUT2D eigenvalue weighted by Gasteiger charge is -2.74. The van der Waals surface area contributed by atoms with Crippen LogP contribution in [0.15, 0.2) is 0 Å². The molecule has 0 radical (unpaired) electrons. The van der Waals surface area contributed by atoms with Crippen LogP contribution in [0.3, 0.4) is 0 Å². The molecule has 1 unspecified atom stereocenters. The van der Waals surface area contributed by atoms with E-state index in [1.807, 2.05) is 0 Å². The number of aliphatic hydroxyl groups is 1. The molecule has 1 N–H and O–H groups in total. The van der Waals surface area contributed by atoms with Crippen LogP contribution in [-0.4, -0.2) is 41.0 Å². The predicted molar refractivity (Wildman–Crippen MR) is 42.7 cm³/mol. The lowest BCUT2D eigenvalue weighted by molar-refractivity contribution is -0.308. The fraction of sp³-hybridized carbons (Fsp3) is 0.889. The van der Waals surface area contributed by atoms with Crippen LogP contribution < -0.4 is 0 Å². The van der Waals surface area contributed by atoms with Crippen molar-refractivity contribution in [2.45, 2.75) is 30.9 Å². The van der Waals surface area contributed by atoms with E-state index in [0.717, 1.165) is 19.4 Å². The van der Waals surface area contributed by atoms with E-state index in [2.05, 4.69) is 4.90 Å². The average Bonchev–Trinajstić information content (AvgIpc) is 1.91. The molecule has 0 spiro atoms. The van der Waals surface area contributed by atoms with Gasteiger partial charge in [-0.3, -0.25) is 4.90 Å². The van der Waals surface area contributed by atoms with Crippen LogP contribution in [0.2, 0.25) is 0 Å². The van der Waals surface area contributed by atoms with Crippen molar-refractivity contribution in [1.82, 2.24) is 4.90 Å². The van der Waals surface area contributed by atoms with Crippen molar-refractivity contribution in [1.29, 1.82) is 0 Å². The minimum Gasteiger partial charge on any atom is -0.388 e. The molecule has 2 bridgehead atoms. The first kappa shape index (κ1) is 7.04. The van der Waals surface area contributed by atoms with Crippen LogP contribution in [0, 0.1) is 5.41 Å². The van der Waals surface area contributed by atoms with Gasteiger partial charge in [0.15, 0.2) is 0 Å². The molecule has 3 saturated carbocycles. The minimum absolute atomic E-state index is 0.144. The lowest BCUT2D eigenvalue weighted by Crippen LogP contribution is -2.85. The number of aldehydes is 1. The fourth-order valence-electron chi connectivity index (χ4n) is 3.20. The molecule has 1 heterocycles. The molecule has 3 aliphatic carbocycles. The third-order valence-electron chi connectivity index (χ3n) is 3.81. The largest absolute Gasteiger partial charge is 0.388 e. The molecule has 1 aliphatic heterocycles. The molecule has 1 atom stereocenters. The summed E-state index contributed by atoms with van der Waals surface area (Å²) in [4.78, 5) is 13.1. The van der Waals surface area contributed by atoms with Gasteiger partial charge in [-0.05, 0) is 32.4 Å². The maximum absolute atomic E-state index is 10.8. The number of nitrogens with zero attached hydrogens (tertiary/aromatic N) is 1. The molecule has 66 valence electrons. The van der Waals surface area contributed by atoms with Gasteiger partial charge in [0.1, 0.15) is 6.29 Å². The molecule has 0 aromatic rings. The molecule has 4 rings (SSSR count). The highest BCUT2D eigenvalue weighted by Crippen LogP contribution is 2.68. The summed E-state index contributed by atoms with van der Waals surface area (Å²) < 4.78 is 0. The molecule has 4 fully saturated rings. The zero-order chi connectivity index (χ0) is 8.40. The highest BCUT2D eigenvalue weighted by molar-refractivity contribution is 5.70. The van der Waals surface area contributed by atoms with E-state index in [1.54, 1.807) is 0 Å². The van der Waals surface area contributed by atoms with E-state index in [-0.39, 0.29) is 11.5 Å². The van der Waals surface area contributed by atoms with Crippen molar-refractivity contribution in [2.24, 2.45) is 5.41 Å². The van der Waals surface area contributed by atoms with Crippen molar-refractivity contribution in [3.63, 3.8) is 0 Å². The summed E-state index contributed by atoms with van der Waals surface area (Å²) in [6, 6.07) is 0.177. The second-order valence-corrected chi connectivity index (χ2v) is 4.60. The summed E-state index contributed by atoms with van der Waals surface area (Å²) in [5.41, 5.74) is -0.628. The summed E-state index contributed by atoms with van der Waals surface area (Å²) in [6.45, 7) is 2.14. The fourth-order valence-corrected chi connectivity index (χ4v) is 3.20. The quantitative estimate of drug-likeness (QED) is 0.578. The van der Waals surface area contributed by atoms with Crippen molar-refractivity contribution in [2.75, 3.05) is 13.1 Å². The Morgan fingerprint density at radius 3 is 2.42 bits per heavy atom. The molecule has 0 amide bonds. The van der Waals surface area contributed by atoms with Gasteiger partial charge in [-0.25, -0.2) is 0 Å². The highest BCUT2D eigenvalue weighted by Gasteiger charge is 2.77. The Morgan fingerprint density at radius 1 is 1.42 bits per heavy atom. The first-order valence-corrected chi connectivity index (χ1v) is 4.63. The Hall–Kier alpha value is -0.410. The van der Waals surface area contributed by atoms with Crippen molar-refractivity contribution in [3.8, 4) is 0 Å². The van der Waals surface area contributed by atoms with E-state index in [1.165, 1.54) is 6.42 Å².